The van der Waals surface area contributed by atoms with Gasteiger partial charge in [0.2, 0.25) is 5.91 Å². The van der Waals surface area contributed by atoms with E-state index < -0.39 is 0 Å². The molecule has 0 bridgehead atoms. The molecule has 8 heteroatoms. The van der Waals surface area contributed by atoms with Crippen LogP contribution in [0.3, 0.4) is 0 Å². The average Bonchev–Trinajstić information content (AvgIpc) is 2.69. The van der Waals surface area contributed by atoms with Crippen LogP contribution >= 0.6 is 0 Å². The lowest BCUT2D eigenvalue weighted by Crippen LogP contribution is -2.47. The third-order valence-electron chi connectivity index (χ3n) is 5.84. The summed E-state index contributed by atoms with van der Waals surface area (Å²) in [5.74, 6) is 0.544. The van der Waals surface area contributed by atoms with Crippen LogP contribution in [0.5, 0.6) is 0 Å². The van der Waals surface area contributed by atoms with Crippen molar-refractivity contribution in [2.24, 2.45) is 17.8 Å². The maximum Gasteiger partial charge on any atom is 0.302 e. The smallest absolute Gasteiger partial charge is 0.302 e. The van der Waals surface area contributed by atoms with Crippen LogP contribution < -0.4 is 0 Å². The minimum atomic E-state index is -0.326. The molecule has 1 aliphatic rings. The van der Waals surface area contributed by atoms with E-state index in [4.69, 9.17) is 24.4 Å². The monoisotopic (exact) mass is 417 g/mol. The largest absolute Gasteiger partial charge is 0.463 e. The zero-order chi connectivity index (χ0) is 21.8. The van der Waals surface area contributed by atoms with E-state index in [1.165, 1.54) is 11.8 Å². The van der Waals surface area contributed by atoms with E-state index in [9.17, 15) is 9.59 Å². The molecule has 0 aromatic heterocycles. The maximum atomic E-state index is 12.1. The summed E-state index contributed by atoms with van der Waals surface area (Å²) in [5, 5.41) is 18.0. The van der Waals surface area contributed by atoms with Gasteiger partial charge in [-0.25, -0.2) is 0 Å². The van der Waals surface area contributed by atoms with Crippen molar-refractivity contribution in [1.82, 2.24) is 4.90 Å². The van der Waals surface area contributed by atoms with Gasteiger partial charge in [-0.15, -0.1) is 0 Å². The normalized spacial score (nSPS) is 26.9. The van der Waals surface area contributed by atoms with Gasteiger partial charge in [0.25, 0.3) is 0 Å². The summed E-state index contributed by atoms with van der Waals surface area (Å²) >= 11 is 0. The van der Waals surface area contributed by atoms with Crippen LogP contribution in [0.1, 0.15) is 53.4 Å². The number of esters is 1. The van der Waals surface area contributed by atoms with E-state index in [1.807, 2.05) is 0 Å². The molecular weight excluding hydrogens is 378 g/mol. The molecule has 29 heavy (non-hydrogen) atoms. The Kier molecular flexibility index (Phi) is 12.4. The van der Waals surface area contributed by atoms with E-state index in [-0.39, 0.29) is 69.0 Å². The fourth-order valence-corrected chi connectivity index (χ4v) is 3.58. The van der Waals surface area contributed by atoms with Crippen molar-refractivity contribution in [2.45, 2.75) is 65.8 Å². The van der Waals surface area contributed by atoms with Gasteiger partial charge in [0.05, 0.1) is 19.3 Å². The molecular formula is C21H39NO7. The topological polar surface area (TPSA) is 106 Å². The highest BCUT2D eigenvalue weighted by Crippen LogP contribution is 2.35. The van der Waals surface area contributed by atoms with Crippen LogP contribution in [-0.2, 0) is 23.8 Å². The molecule has 0 saturated carbocycles. The first kappa shape index (κ1) is 25.8. The first-order chi connectivity index (χ1) is 13.8. The molecule has 170 valence electrons. The lowest BCUT2D eigenvalue weighted by Gasteiger charge is -2.43. The van der Waals surface area contributed by atoms with Gasteiger partial charge in [0, 0.05) is 39.0 Å². The van der Waals surface area contributed by atoms with E-state index >= 15 is 0 Å². The summed E-state index contributed by atoms with van der Waals surface area (Å²) in [6, 6.07) is 0. The summed E-state index contributed by atoms with van der Waals surface area (Å²) in [4.78, 5) is 24.7. The van der Waals surface area contributed by atoms with Gasteiger partial charge in [0.15, 0.2) is 6.29 Å². The third-order valence-corrected chi connectivity index (χ3v) is 5.84. The molecule has 0 aromatic carbocycles. The number of rotatable bonds is 13. The van der Waals surface area contributed by atoms with Crippen LogP contribution in [0.15, 0.2) is 0 Å². The summed E-state index contributed by atoms with van der Waals surface area (Å²) in [7, 11) is 0. The Morgan fingerprint density at radius 1 is 0.966 bits per heavy atom. The number of hydrogen-bond acceptors (Lipinski definition) is 7. The van der Waals surface area contributed by atoms with Gasteiger partial charge < -0.3 is 29.3 Å². The average molecular weight is 418 g/mol. The molecule has 0 aliphatic carbocycles. The number of aliphatic hydroxyl groups excluding tert-OH is 2. The predicted octanol–water partition coefficient (Wildman–Crippen LogP) is 1.57. The number of aliphatic hydroxyl groups is 2. The van der Waals surface area contributed by atoms with Gasteiger partial charge in [-0.05, 0) is 24.7 Å². The van der Waals surface area contributed by atoms with E-state index in [0.717, 1.165) is 19.3 Å². The zero-order valence-electron chi connectivity index (χ0n) is 18.3. The molecule has 1 aliphatic heterocycles. The SMILES string of the molecule is CC(=O)OCC1O[C@@H](OCCCCCC(=O)N(CCO)CCO)C(C)[C@@H](C)[C@H]1C. The number of ether oxygens (including phenoxy) is 3. The van der Waals surface area contributed by atoms with Crippen molar-refractivity contribution >= 4 is 11.9 Å². The standard InChI is InChI=1S/C21H39NO7/c1-15-16(2)19(14-28-18(4)25)29-21(17(15)3)27-13-7-5-6-8-20(26)22(9-11-23)10-12-24/h15-17,19,21,23-24H,5-14H2,1-4H3/t15-,16+,17?,19?,21+/m0/s1. The van der Waals surface area contributed by atoms with Crippen molar-refractivity contribution in [3.8, 4) is 0 Å². The predicted molar refractivity (Wildman–Crippen MR) is 108 cm³/mol. The molecule has 0 aromatic rings. The highest BCUT2D eigenvalue weighted by Gasteiger charge is 2.40. The molecule has 1 amide bonds. The Hall–Kier alpha value is -1.22. The second-order valence-corrected chi connectivity index (χ2v) is 7.93. The Balaban J connectivity index is 2.31. The minimum Gasteiger partial charge on any atom is -0.463 e. The van der Waals surface area contributed by atoms with Gasteiger partial charge in [-0.2, -0.15) is 0 Å². The van der Waals surface area contributed by atoms with E-state index in [0.29, 0.717) is 18.9 Å². The molecule has 1 heterocycles. The van der Waals surface area contributed by atoms with Crippen molar-refractivity contribution in [1.29, 1.82) is 0 Å². The molecule has 0 spiro atoms. The van der Waals surface area contributed by atoms with E-state index in [1.54, 1.807) is 0 Å². The van der Waals surface area contributed by atoms with Crippen LogP contribution in [0.2, 0.25) is 0 Å². The quantitative estimate of drug-likeness (QED) is 0.346. The Morgan fingerprint density at radius 2 is 1.62 bits per heavy atom. The van der Waals surface area contributed by atoms with Gasteiger partial charge in [-0.1, -0.05) is 27.2 Å². The Bertz CT molecular complexity index is 482. The van der Waals surface area contributed by atoms with Gasteiger partial charge in [-0.3, -0.25) is 9.59 Å². The summed E-state index contributed by atoms with van der Waals surface area (Å²) in [6.07, 6.45) is 2.30. The molecule has 1 fully saturated rings. The van der Waals surface area contributed by atoms with Crippen LogP contribution in [0.4, 0.5) is 0 Å². The Morgan fingerprint density at radius 3 is 2.21 bits per heavy atom. The second kappa shape index (κ2) is 13.9. The second-order valence-electron chi connectivity index (χ2n) is 7.93. The van der Waals surface area contributed by atoms with Crippen molar-refractivity contribution in [3.05, 3.63) is 0 Å². The first-order valence-corrected chi connectivity index (χ1v) is 10.7. The number of nitrogens with zero attached hydrogens (tertiary/aromatic N) is 1. The minimum absolute atomic E-state index is 0.0469. The fraction of sp³-hybridized carbons (Fsp3) is 0.905. The molecule has 5 atom stereocenters. The fourth-order valence-electron chi connectivity index (χ4n) is 3.58. The lowest BCUT2D eigenvalue weighted by atomic mass is 9.79. The zero-order valence-corrected chi connectivity index (χ0v) is 18.3. The highest BCUT2D eigenvalue weighted by atomic mass is 16.7. The summed E-state index contributed by atoms with van der Waals surface area (Å²) in [6.45, 7) is 8.88. The van der Waals surface area contributed by atoms with Crippen LogP contribution in [0.25, 0.3) is 0 Å². The van der Waals surface area contributed by atoms with Crippen molar-refractivity contribution in [2.75, 3.05) is 39.5 Å². The lowest BCUT2D eigenvalue weighted by molar-refractivity contribution is -0.255. The number of carbonyl (C=O) groups is 2. The maximum absolute atomic E-state index is 12.1. The first-order valence-electron chi connectivity index (χ1n) is 10.7. The number of amides is 1. The number of carbonyl (C=O) groups excluding carboxylic acids is 2. The summed E-state index contributed by atoms with van der Waals surface area (Å²) in [5.41, 5.74) is 0. The van der Waals surface area contributed by atoms with Gasteiger partial charge in [0.1, 0.15) is 6.61 Å². The number of unbranched alkanes of at least 4 members (excludes halogenated alkanes) is 2. The molecule has 2 N–H and O–H groups in total. The summed E-state index contributed by atoms with van der Waals surface area (Å²) < 4.78 is 17.1. The van der Waals surface area contributed by atoms with Crippen molar-refractivity contribution < 1.29 is 34.0 Å². The van der Waals surface area contributed by atoms with Crippen molar-refractivity contribution in [3.63, 3.8) is 0 Å². The Labute approximate surface area is 174 Å². The third kappa shape index (κ3) is 8.99. The van der Waals surface area contributed by atoms with Crippen LogP contribution in [0, 0.1) is 17.8 Å². The molecule has 0 radical (unpaired) electrons. The van der Waals surface area contributed by atoms with Crippen LogP contribution in [-0.4, -0.2) is 78.9 Å². The molecule has 1 rings (SSSR count). The van der Waals surface area contributed by atoms with E-state index in [2.05, 4.69) is 20.8 Å². The van der Waals surface area contributed by atoms with Gasteiger partial charge >= 0.3 is 5.97 Å². The molecule has 2 unspecified atom stereocenters. The molecule has 1 saturated heterocycles. The molecule has 8 nitrogen and oxygen atoms in total. The highest BCUT2D eigenvalue weighted by molar-refractivity contribution is 5.76. The number of hydrogen-bond donors (Lipinski definition) is 2.